The van der Waals surface area contributed by atoms with E-state index in [4.69, 9.17) is 5.73 Å². The first-order valence-electron chi connectivity index (χ1n) is 8.24. The summed E-state index contributed by atoms with van der Waals surface area (Å²) in [6.45, 7) is 1.45. The average molecular weight is 281 g/mol. The molecule has 3 N–H and O–H groups in total. The van der Waals surface area contributed by atoms with E-state index in [-0.39, 0.29) is 17.4 Å². The van der Waals surface area contributed by atoms with Gasteiger partial charge in [0.05, 0.1) is 0 Å². The summed E-state index contributed by atoms with van der Waals surface area (Å²) in [4.78, 5) is 14.8. The van der Waals surface area contributed by atoms with Crippen LogP contribution in [0.25, 0.3) is 0 Å². The van der Waals surface area contributed by atoms with Crippen LogP contribution in [0.3, 0.4) is 0 Å². The van der Waals surface area contributed by atoms with E-state index < -0.39 is 0 Å². The van der Waals surface area contributed by atoms with Crippen LogP contribution in [0.1, 0.15) is 51.4 Å². The van der Waals surface area contributed by atoms with Crippen molar-refractivity contribution in [3.05, 3.63) is 0 Å². The lowest BCUT2D eigenvalue weighted by molar-refractivity contribution is -0.126. The molecule has 0 heterocycles. The van der Waals surface area contributed by atoms with Crippen molar-refractivity contribution in [2.24, 2.45) is 17.6 Å². The van der Waals surface area contributed by atoms with E-state index in [2.05, 4.69) is 24.3 Å². The third kappa shape index (κ3) is 3.34. The van der Waals surface area contributed by atoms with Crippen LogP contribution in [0.5, 0.6) is 0 Å². The molecule has 0 radical (unpaired) electrons. The number of hydrogen-bond acceptors (Lipinski definition) is 3. The standard InChI is InChI=1S/C16H31N3O/c1-19(2)16(9-4-3-5-10-16)12-18-15(20)14-8-6-7-13(14)11-17/h13-14H,3-12,17H2,1-2H3,(H,18,20). The van der Waals surface area contributed by atoms with Crippen molar-refractivity contribution in [2.45, 2.75) is 56.9 Å². The summed E-state index contributed by atoms with van der Waals surface area (Å²) in [6.07, 6.45) is 9.58. The van der Waals surface area contributed by atoms with Crippen LogP contribution in [0.15, 0.2) is 0 Å². The summed E-state index contributed by atoms with van der Waals surface area (Å²) in [5.41, 5.74) is 5.96. The van der Waals surface area contributed by atoms with Gasteiger partial charge in [-0.3, -0.25) is 4.79 Å². The van der Waals surface area contributed by atoms with Crippen molar-refractivity contribution < 1.29 is 4.79 Å². The van der Waals surface area contributed by atoms with E-state index in [1.807, 2.05) is 0 Å². The number of nitrogens with zero attached hydrogens (tertiary/aromatic N) is 1. The summed E-state index contributed by atoms with van der Waals surface area (Å²) in [7, 11) is 4.30. The molecule has 2 aliphatic carbocycles. The van der Waals surface area contributed by atoms with Gasteiger partial charge in [0.1, 0.15) is 0 Å². The monoisotopic (exact) mass is 281 g/mol. The van der Waals surface area contributed by atoms with Gasteiger partial charge < -0.3 is 16.0 Å². The maximum Gasteiger partial charge on any atom is 0.223 e. The second-order valence-electron chi connectivity index (χ2n) is 6.93. The molecule has 4 heteroatoms. The molecule has 116 valence electrons. The largest absolute Gasteiger partial charge is 0.354 e. The number of carbonyl (C=O) groups is 1. The van der Waals surface area contributed by atoms with Gasteiger partial charge >= 0.3 is 0 Å². The third-order valence-electron chi connectivity index (χ3n) is 5.62. The number of hydrogen-bond donors (Lipinski definition) is 2. The summed E-state index contributed by atoms with van der Waals surface area (Å²) >= 11 is 0. The number of likely N-dealkylation sites (N-methyl/N-ethyl adjacent to an activating group) is 1. The molecule has 0 bridgehead atoms. The number of nitrogens with one attached hydrogen (secondary N) is 1. The summed E-state index contributed by atoms with van der Waals surface area (Å²) < 4.78 is 0. The molecule has 2 saturated carbocycles. The normalized spacial score (nSPS) is 29.6. The first-order chi connectivity index (χ1) is 9.59. The van der Waals surface area contributed by atoms with Crippen molar-refractivity contribution in [2.75, 3.05) is 27.2 Å². The van der Waals surface area contributed by atoms with E-state index >= 15 is 0 Å². The van der Waals surface area contributed by atoms with Crippen molar-refractivity contribution in [3.8, 4) is 0 Å². The Hall–Kier alpha value is -0.610. The highest BCUT2D eigenvalue weighted by atomic mass is 16.1. The molecule has 2 unspecified atom stereocenters. The zero-order valence-electron chi connectivity index (χ0n) is 13.2. The SMILES string of the molecule is CN(C)C1(CNC(=O)C2CCCC2CN)CCCCC1. The molecule has 0 aliphatic heterocycles. The van der Waals surface area contributed by atoms with Crippen molar-refractivity contribution >= 4 is 5.91 Å². The first-order valence-corrected chi connectivity index (χ1v) is 8.24. The molecule has 20 heavy (non-hydrogen) atoms. The van der Waals surface area contributed by atoms with Crippen LogP contribution >= 0.6 is 0 Å². The summed E-state index contributed by atoms with van der Waals surface area (Å²) in [5.74, 6) is 0.796. The third-order valence-corrected chi connectivity index (χ3v) is 5.62. The molecular weight excluding hydrogens is 250 g/mol. The molecule has 4 nitrogen and oxygen atoms in total. The topological polar surface area (TPSA) is 58.4 Å². The van der Waals surface area contributed by atoms with E-state index in [9.17, 15) is 4.79 Å². The molecule has 0 aromatic carbocycles. The highest BCUT2D eigenvalue weighted by Crippen LogP contribution is 2.33. The van der Waals surface area contributed by atoms with Crippen LogP contribution in [0, 0.1) is 11.8 Å². The maximum atomic E-state index is 12.4. The Labute approximate surface area is 123 Å². The Morgan fingerprint density at radius 1 is 1.20 bits per heavy atom. The minimum Gasteiger partial charge on any atom is -0.354 e. The molecular formula is C16H31N3O. The van der Waals surface area contributed by atoms with Gasteiger partial charge in [0.2, 0.25) is 5.91 Å². The van der Waals surface area contributed by atoms with Crippen LogP contribution < -0.4 is 11.1 Å². The van der Waals surface area contributed by atoms with E-state index in [0.717, 1.165) is 25.8 Å². The van der Waals surface area contributed by atoms with Crippen LogP contribution in [-0.4, -0.2) is 43.5 Å². The zero-order chi connectivity index (χ0) is 14.6. The molecule has 0 spiro atoms. The smallest absolute Gasteiger partial charge is 0.223 e. The predicted octanol–water partition coefficient (Wildman–Crippen LogP) is 1.74. The lowest BCUT2D eigenvalue weighted by Gasteiger charge is -2.43. The summed E-state index contributed by atoms with van der Waals surface area (Å²) in [6, 6.07) is 0. The van der Waals surface area contributed by atoms with Gasteiger partial charge in [0.15, 0.2) is 0 Å². The second kappa shape index (κ2) is 6.90. The minimum atomic E-state index is 0.155. The molecule has 2 fully saturated rings. The Morgan fingerprint density at radius 2 is 1.90 bits per heavy atom. The maximum absolute atomic E-state index is 12.4. The quantitative estimate of drug-likeness (QED) is 0.807. The lowest BCUT2D eigenvalue weighted by atomic mass is 9.80. The molecule has 0 aromatic heterocycles. The average Bonchev–Trinajstić information content (AvgIpc) is 2.94. The van der Waals surface area contributed by atoms with Gasteiger partial charge in [-0.1, -0.05) is 25.7 Å². The molecule has 0 saturated heterocycles. The highest BCUT2D eigenvalue weighted by molar-refractivity contribution is 5.79. The van der Waals surface area contributed by atoms with Crippen molar-refractivity contribution in [1.29, 1.82) is 0 Å². The predicted molar refractivity (Wildman–Crippen MR) is 82.4 cm³/mol. The highest BCUT2D eigenvalue weighted by Gasteiger charge is 2.37. The van der Waals surface area contributed by atoms with E-state index in [1.54, 1.807) is 0 Å². The fourth-order valence-electron chi connectivity index (χ4n) is 4.04. The molecule has 2 atom stereocenters. The molecule has 2 rings (SSSR count). The first kappa shape index (κ1) is 15.8. The van der Waals surface area contributed by atoms with Gasteiger partial charge in [-0.2, -0.15) is 0 Å². The Balaban J connectivity index is 1.90. The van der Waals surface area contributed by atoms with Crippen molar-refractivity contribution in [1.82, 2.24) is 10.2 Å². The Kier molecular flexibility index (Phi) is 5.44. The number of rotatable bonds is 5. The van der Waals surface area contributed by atoms with Crippen LogP contribution in [0.4, 0.5) is 0 Å². The molecule has 0 aromatic rings. The van der Waals surface area contributed by atoms with E-state index in [0.29, 0.717) is 12.5 Å². The number of amides is 1. The molecule has 2 aliphatic rings. The van der Waals surface area contributed by atoms with Crippen LogP contribution in [0.2, 0.25) is 0 Å². The number of nitrogens with two attached hydrogens (primary N) is 1. The van der Waals surface area contributed by atoms with Gasteiger partial charge in [0, 0.05) is 18.0 Å². The fraction of sp³-hybridized carbons (Fsp3) is 0.938. The Bertz CT molecular complexity index is 324. The molecule has 1 amide bonds. The van der Waals surface area contributed by atoms with E-state index in [1.165, 1.54) is 32.1 Å². The van der Waals surface area contributed by atoms with Gasteiger partial charge in [0.25, 0.3) is 0 Å². The Morgan fingerprint density at radius 3 is 2.50 bits per heavy atom. The van der Waals surface area contributed by atoms with Gasteiger partial charge in [-0.15, -0.1) is 0 Å². The number of carbonyl (C=O) groups excluding carboxylic acids is 1. The zero-order valence-corrected chi connectivity index (χ0v) is 13.2. The second-order valence-corrected chi connectivity index (χ2v) is 6.93. The van der Waals surface area contributed by atoms with Crippen LogP contribution in [-0.2, 0) is 4.79 Å². The lowest BCUT2D eigenvalue weighted by Crippen LogP contribution is -2.54. The minimum absolute atomic E-state index is 0.155. The fourth-order valence-corrected chi connectivity index (χ4v) is 4.04. The van der Waals surface area contributed by atoms with Gasteiger partial charge in [-0.05, 0) is 52.2 Å². The summed E-state index contributed by atoms with van der Waals surface area (Å²) in [5, 5.41) is 3.24. The van der Waals surface area contributed by atoms with Gasteiger partial charge in [-0.25, -0.2) is 0 Å². The van der Waals surface area contributed by atoms with Crippen molar-refractivity contribution in [3.63, 3.8) is 0 Å².